The van der Waals surface area contributed by atoms with Crippen molar-refractivity contribution in [2.24, 2.45) is 0 Å². The molecule has 0 atom stereocenters. The normalized spacial score (nSPS) is 13.0. The third-order valence-electron chi connectivity index (χ3n) is 4.64. The summed E-state index contributed by atoms with van der Waals surface area (Å²) in [6, 6.07) is 24.6. The zero-order valence-corrected chi connectivity index (χ0v) is 14.8. The minimum Gasteiger partial charge on any atom is -0.493 e. The van der Waals surface area contributed by atoms with Crippen LogP contribution in [-0.2, 0) is 13.0 Å². The van der Waals surface area contributed by atoms with E-state index in [1.807, 2.05) is 42.5 Å². The molecule has 3 aromatic rings. The van der Waals surface area contributed by atoms with E-state index in [2.05, 4.69) is 12.1 Å². The van der Waals surface area contributed by atoms with E-state index in [0.29, 0.717) is 17.7 Å². The molecular weight excluding hydrogens is 338 g/mol. The molecule has 1 heterocycles. The van der Waals surface area contributed by atoms with E-state index in [4.69, 9.17) is 4.74 Å². The first-order valence-electron chi connectivity index (χ1n) is 8.93. The van der Waals surface area contributed by atoms with E-state index in [0.717, 1.165) is 17.7 Å². The van der Waals surface area contributed by atoms with Crippen molar-refractivity contribution in [3.8, 4) is 5.75 Å². The number of hydrogen-bond acceptors (Lipinski definition) is 3. The van der Waals surface area contributed by atoms with Crippen LogP contribution in [0.2, 0.25) is 0 Å². The highest BCUT2D eigenvalue weighted by Crippen LogP contribution is 2.24. The van der Waals surface area contributed by atoms with Gasteiger partial charge in [-0.3, -0.25) is 14.5 Å². The molecule has 1 aliphatic heterocycles. The van der Waals surface area contributed by atoms with Crippen molar-refractivity contribution in [1.82, 2.24) is 4.90 Å². The van der Waals surface area contributed by atoms with Crippen molar-refractivity contribution in [2.45, 2.75) is 13.0 Å². The highest BCUT2D eigenvalue weighted by Gasteiger charge is 2.34. The smallest absolute Gasteiger partial charge is 0.261 e. The van der Waals surface area contributed by atoms with Crippen molar-refractivity contribution < 1.29 is 14.3 Å². The number of nitrogens with zero attached hydrogens (tertiary/aromatic N) is 1. The monoisotopic (exact) mass is 357 g/mol. The van der Waals surface area contributed by atoms with Gasteiger partial charge in [-0.2, -0.15) is 0 Å². The number of hydrogen-bond donors (Lipinski definition) is 0. The molecule has 0 bridgehead atoms. The maximum atomic E-state index is 12.4. The fourth-order valence-electron chi connectivity index (χ4n) is 3.19. The van der Waals surface area contributed by atoms with Gasteiger partial charge >= 0.3 is 0 Å². The summed E-state index contributed by atoms with van der Waals surface area (Å²) in [6.07, 6.45) is 0.845. The predicted octanol–water partition coefficient (Wildman–Crippen LogP) is 4.10. The van der Waals surface area contributed by atoms with Gasteiger partial charge in [-0.25, -0.2) is 0 Å². The fraction of sp³-hybridized carbons (Fsp3) is 0.130. The van der Waals surface area contributed by atoms with E-state index in [1.165, 1.54) is 10.5 Å². The van der Waals surface area contributed by atoms with Crippen LogP contribution in [0.15, 0.2) is 78.9 Å². The van der Waals surface area contributed by atoms with Crippen LogP contribution in [0, 0.1) is 0 Å². The van der Waals surface area contributed by atoms with Gasteiger partial charge < -0.3 is 4.74 Å². The Morgan fingerprint density at radius 3 is 1.89 bits per heavy atom. The van der Waals surface area contributed by atoms with Crippen LogP contribution in [0.25, 0.3) is 0 Å². The van der Waals surface area contributed by atoms with Gasteiger partial charge in [0.15, 0.2) is 0 Å². The second-order valence-corrected chi connectivity index (χ2v) is 6.47. The number of rotatable bonds is 6. The van der Waals surface area contributed by atoms with Crippen molar-refractivity contribution in [2.75, 3.05) is 6.61 Å². The summed E-state index contributed by atoms with van der Waals surface area (Å²) in [6.45, 7) is 0.860. The summed E-state index contributed by atoms with van der Waals surface area (Å²) < 4.78 is 5.78. The molecule has 0 fully saturated rings. The molecule has 3 aromatic carbocycles. The van der Waals surface area contributed by atoms with E-state index in [9.17, 15) is 9.59 Å². The van der Waals surface area contributed by atoms with Crippen LogP contribution in [0.4, 0.5) is 0 Å². The van der Waals surface area contributed by atoms with Crippen LogP contribution in [0.3, 0.4) is 0 Å². The molecular formula is C23H19NO3. The lowest BCUT2D eigenvalue weighted by atomic mass is 10.1. The summed E-state index contributed by atoms with van der Waals surface area (Å²) in [5, 5.41) is 0. The zero-order valence-electron chi connectivity index (χ0n) is 14.8. The SMILES string of the molecule is O=C1c2ccccc2C(=O)N1Cc1ccc(OCCc2ccccc2)cc1. The van der Waals surface area contributed by atoms with E-state index in [-0.39, 0.29) is 18.4 Å². The molecule has 0 aliphatic carbocycles. The highest BCUT2D eigenvalue weighted by molar-refractivity contribution is 6.21. The van der Waals surface area contributed by atoms with Gasteiger partial charge in [-0.05, 0) is 35.4 Å². The Balaban J connectivity index is 1.36. The Labute approximate surface area is 158 Å². The molecule has 0 N–H and O–H groups in total. The van der Waals surface area contributed by atoms with Gasteiger partial charge in [0.25, 0.3) is 11.8 Å². The van der Waals surface area contributed by atoms with Crippen LogP contribution in [0.5, 0.6) is 5.75 Å². The maximum absolute atomic E-state index is 12.4. The third kappa shape index (κ3) is 3.60. The maximum Gasteiger partial charge on any atom is 0.261 e. The average molecular weight is 357 g/mol. The molecule has 1 aliphatic rings. The number of ether oxygens (including phenoxy) is 1. The summed E-state index contributed by atoms with van der Waals surface area (Å²) in [7, 11) is 0. The number of amides is 2. The van der Waals surface area contributed by atoms with Gasteiger partial charge in [0.2, 0.25) is 0 Å². The Bertz CT molecular complexity index is 929. The lowest BCUT2D eigenvalue weighted by molar-refractivity contribution is 0.0642. The van der Waals surface area contributed by atoms with E-state index < -0.39 is 0 Å². The Morgan fingerprint density at radius 1 is 0.667 bits per heavy atom. The lowest BCUT2D eigenvalue weighted by Crippen LogP contribution is -2.29. The predicted molar refractivity (Wildman–Crippen MR) is 103 cm³/mol. The Hall–Kier alpha value is -3.40. The number of carbonyl (C=O) groups is 2. The van der Waals surface area contributed by atoms with E-state index in [1.54, 1.807) is 24.3 Å². The van der Waals surface area contributed by atoms with Gasteiger partial charge in [0.05, 0.1) is 24.3 Å². The molecule has 0 radical (unpaired) electrons. The first kappa shape index (κ1) is 17.0. The second kappa shape index (κ2) is 7.46. The van der Waals surface area contributed by atoms with Gasteiger partial charge in [0.1, 0.15) is 5.75 Å². The molecule has 2 amide bonds. The molecule has 0 spiro atoms. The van der Waals surface area contributed by atoms with Crippen LogP contribution < -0.4 is 4.74 Å². The molecule has 0 unspecified atom stereocenters. The number of carbonyl (C=O) groups excluding carboxylic acids is 2. The van der Waals surface area contributed by atoms with Crippen molar-refractivity contribution in [3.63, 3.8) is 0 Å². The van der Waals surface area contributed by atoms with Crippen molar-refractivity contribution >= 4 is 11.8 Å². The summed E-state index contributed by atoms with van der Waals surface area (Å²) in [4.78, 5) is 26.2. The molecule has 0 saturated carbocycles. The van der Waals surface area contributed by atoms with Crippen LogP contribution in [-0.4, -0.2) is 23.3 Å². The van der Waals surface area contributed by atoms with Crippen molar-refractivity contribution in [3.05, 3.63) is 101 Å². The third-order valence-corrected chi connectivity index (χ3v) is 4.64. The topological polar surface area (TPSA) is 46.6 Å². The molecule has 4 heteroatoms. The van der Waals surface area contributed by atoms with Crippen LogP contribution in [0.1, 0.15) is 31.8 Å². The standard InChI is InChI=1S/C23H19NO3/c25-22-20-8-4-5-9-21(20)23(26)24(22)16-18-10-12-19(13-11-18)27-15-14-17-6-2-1-3-7-17/h1-13H,14-16H2. The highest BCUT2D eigenvalue weighted by atomic mass is 16.5. The van der Waals surface area contributed by atoms with E-state index >= 15 is 0 Å². The number of imide groups is 1. The van der Waals surface area contributed by atoms with Gasteiger partial charge in [-0.1, -0.05) is 54.6 Å². The molecule has 27 heavy (non-hydrogen) atoms. The number of fused-ring (bicyclic) bond motifs is 1. The first-order valence-corrected chi connectivity index (χ1v) is 8.93. The number of benzene rings is 3. The van der Waals surface area contributed by atoms with Crippen molar-refractivity contribution in [1.29, 1.82) is 0 Å². The van der Waals surface area contributed by atoms with Crippen LogP contribution >= 0.6 is 0 Å². The quantitative estimate of drug-likeness (QED) is 0.624. The molecule has 0 aromatic heterocycles. The van der Waals surface area contributed by atoms with Gasteiger partial charge in [-0.15, -0.1) is 0 Å². The summed E-state index contributed by atoms with van der Waals surface area (Å²) in [5.74, 6) is 0.301. The average Bonchev–Trinajstić information content (AvgIpc) is 2.95. The molecule has 4 rings (SSSR count). The molecule has 4 nitrogen and oxygen atoms in total. The molecule has 134 valence electrons. The summed E-state index contributed by atoms with van der Waals surface area (Å²) >= 11 is 0. The molecule has 0 saturated heterocycles. The minimum atomic E-state index is -0.237. The second-order valence-electron chi connectivity index (χ2n) is 6.47. The lowest BCUT2D eigenvalue weighted by Gasteiger charge is -2.14. The largest absolute Gasteiger partial charge is 0.493 e. The Kier molecular flexibility index (Phi) is 4.71. The fourth-order valence-corrected chi connectivity index (χ4v) is 3.19. The first-order chi connectivity index (χ1) is 13.2. The Morgan fingerprint density at radius 2 is 1.26 bits per heavy atom. The zero-order chi connectivity index (χ0) is 18.6. The summed E-state index contributed by atoms with van der Waals surface area (Å²) in [5.41, 5.74) is 3.08. The minimum absolute atomic E-state index is 0.237. The van der Waals surface area contributed by atoms with Gasteiger partial charge in [0, 0.05) is 6.42 Å².